The first-order valence-corrected chi connectivity index (χ1v) is 9.30. The molecule has 136 valence electrons. The molecule has 2 aromatic carbocycles. The number of carbonyl (C=O) groups is 2. The minimum atomic E-state index is -0.178. The number of unbranched alkanes of at least 4 members (excludes halogenated alkanes) is 2. The van der Waals surface area contributed by atoms with E-state index in [-0.39, 0.29) is 11.6 Å². The second kappa shape index (κ2) is 8.17. The number of carbonyl (C=O) groups excluding carboxylic acids is 2. The zero-order valence-electron chi connectivity index (χ0n) is 15.3. The molecule has 0 N–H and O–H groups in total. The van der Waals surface area contributed by atoms with Gasteiger partial charge < -0.3 is 9.47 Å². The van der Waals surface area contributed by atoms with Crippen molar-refractivity contribution in [2.45, 2.75) is 39.5 Å². The zero-order valence-corrected chi connectivity index (χ0v) is 15.3. The lowest BCUT2D eigenvalue weighted by Gasteiger charge is -2.22. The maximum absolute atomic E-state index is 13.1. The summed E-state index contributed by atoms with van der Waals surface area (Å²) in [5, 5.41) is 0. The lowest BCUT2D eigenvalue weighted by Crippen LogP contribution is -2.22. The van der Waals surface area contributed by atoms with E-state index >= 15 is 0 Å². The number of fused-ring (bicyclic) bond motifs is 2. The first kappa shape index (κ1) is 18.2. The summed E-state index contributed by atoms with van der Waals surface area (Å²) in [5.41, 5.74) is 1.60. The Labute approximate surface area is 154 Å². The number of hydrogen-bond donors (Lipinski definition) is 0. The molecule has 0 aliphatic heterocycles. The highest BCUT2D eigenvalue weighted by molar-refractivity contribution is 6.29. The molecule has 4 heteroatoms. The maximum atomic E-state index is 13.1. The van der Waals surface area contributed by atoms with Crippen LogP contribution in [-0.2, 0) is 0 Å². The second-order valence-electron chi connectivity index (χ2n) is 6.42. The molecule has 0 spiro atoms. The number of rotatable bonds is 8. The number of benzene rings is 2. The van der Waals surface area contributed by atoms with Crippen molar-refractivity contribution in [2.24, 2.45) is 0 Å². The van der Waals surface area contributed by atoms with Crippen LogP contribution in [0.4, 0.5) is 0 Å². The average Bonchev–Trinajstić information content (AvgIpc) is 2.67. The minimum Gasteiger partial charge on any atom is -0.490 e. The zero-order chi connectivity index (χ0) is 18.5. The third-order valence-corrected chi connectivity index (χ3v) is 4.51. The number of ketones is 2. The molecular formula is C22H24O4. The molecule has 1 aliphatic rings. The lowest BCUT2D eigenvalue weighted by molar-refractivity contribution is 0.0974. The van der Waals surface area contributed by atoms with E-state index < -0.39 is 0 Å². The summed E-state index contributed by atoms with van der Waals surface area (Å²) >= 11 is 0. The third-order valence-electron chi connectivity index (χ3n) is 4.51. The summed E-state index contributed by atoms with van der Waals surface area (Å²) in [6.45, 7) is 5.21. The van der Waals surface area contributed by atoms with E-state index in [0.29, 0.717) is 47.0 Å². The fraction of sp³-hybridized carbons (Fsp3) is 0.364. The molecule has 0 bridgehead atoms. The highest BCUT2D eigenvalue weighted by Crippen LogP contribution is 2.39. The number of hydrogen-bond acceptors (Lipinski definition) is 4. The molecule has 0 aromatic heterocycles. The van der Waals surface area contributed by atoms with E-state index in [1.807, 2.05) is 0 Å². The topological polar surface area (TPSA) is 52.6 Å². The van der Waals surface area contributed by atoms with Gasteiger partial charge in [0.2, 0.25) is 0 Å². The molecule has 3 rings (SSSR count). The van der Waals surface area contributed by atoms with Gasteiger partial charge in [0.05, 0.1) is 18.8 Å². The van der Waals surface area contributed by atoms with Gasteiger partial charge in [-0.05, 0) is 25.0 Å². The van der Waals surface area contributed by atoms with Gasteiger partial charge in [0, 0.05) is 16.7 Å². The van der Waals surface area contributed by atoms with Gasteiger partial charge in [0.25, 0.3) is 0 Å². The largest absolute Gasteiger partial charge is 0.490 e. The van der Waals surface area contributed by atoms with Crippen molar-refractivity contribution in [2.75, 3.05) is 13.2 Å². The van der Waals surface area contributed by atoms with E-state index in [2.05, 4.69) is 13.8 Å². The number of ether oxygens (including phenoxy) is 2. The van der Waals surface area contributed by atoms with Gasteiger partial charge in [-0.3, -0.25) is 9.59 Å². The predicted octanol–water partition coefficient (Wildman–Crippen LogP) is 4.82. The van der Waals surface area contributed by atoms with Crippen molar-refractivity contribution in [3.05, 3.63) is 58.7 Å². The quantitative estimate of drug-likeness (QED) is 0.545. The fourth-order valence-corrected chi connectivity index (χ4v) is 3.04. The van der Waals surface area contributed by atoms with Crippen molar-refractivity contribution < 1.29 is 19.1 Å². The summed E-state index contributed by atoms with van der Waals surface area (Å²) < 4.78 is 11.8. The Balaban J connectivity index is 2.06. The molecular weight excluding hydrogens is 328 g/mol. The molecule has 0 amide bonds. The Morgan fingerprint density at radius 1 is 0.731 bits per heavy atom. The van der Waals surface area contributed by atoms with E-state index in [1.165, 1.54) is 0 Å². The van der Waals surface area contributed by atoms with Crippen LogP contribution < -0.4 is 9.47 Å². The van der Waals surface area contributed by atoms with Crippen molar-refractivity contribution in [3.63, 3.8) is 0 Å². The summed E-state index contributed by atoms with van der Waals surface area (Å²) in [7, 11) is 0. The molecule has 0 saturated heterocycles. The van der Waals surface area contributed by atoms with E-state index in [4.69, 9.17) is 9.47 Å². The van der Waals surface area contributed by atoms with Crippen molar-refractivity contribution >= 4 is 11.6 Å². The van der Waals surface area contributed by atoms with E-state index in [1.54, 1.807) is 36.4 Å². The molecule has 0 saturated carbocycles. The first-order valence-electron chi connectivity index (χ1n) is 9.30. The van der Waals surface area contributed by atoms with Gasteiger partial charge in [-0.2, -0.15) is 0 Å². The Kier molecular flexibility index (Phi) is 5.71. The van der Waals surface area contributed by atoms with Gasteiger partial charge in [-0.1, -0.05) is 51.0 Å². The first-order chi connectivity index (χ1) is 12.7. The predicted molar refractivity (Wildman–Crippen MR) is 101 cm³/mol. The van der Waals surface area contributed by atoms with Crippen LogP contribution in [-0.4, -0.2) is 24.8 Å². The SMILES string of the molecule is CCCCOc1ccc2c(c1OCCCC)C(=O)c1ccccc1C2=O. The van der Waals surface area contributed by atoms with E-state index in [9.17, 15) is 9.59 Å². The fourth-order valence-electron chi connectivity index (χ4n) is 3.04. The van der Waals surface area contributed by atoms with Gasteiger partial charge in [-0.25, -0.2) is 0 Å². The summed E-state index contributed by atoms with van der Waals surface area (Å²) in [4.78, 5) is 26.0. The highest BCUT2D eigenvalue weighted by atomic mass is 16.5. The Bertz CT molecular complexity index is 823. The van der Waals surface area contributed by atoms with Crippen LogP contribution in [0.5, 0.6) is 11.5 Å². The van der Waals surface area contributed by atoms with Gasteiger partial charge in [0.1, 0.15) is 0 Å². The molecule has 0 radical (unpaired) electrons. The van der Waals surface area contributed by atoms with Crippen LogP contribution in [0.3, 0.4) is 0 Å². The Morgan fingerprint density at radius 2 is 1.35 bits per heavy atom. The van der Waals surface area contributed by atoms with Crippen molar-refractivity contribution in [3.8, 4) is 11.5 Å². The van der Waals surface area contributed by atoms with Crippen molar-refractivity contribution in [1.29, 1.82) is 0 Å². The highest BCUT2D eigenvalue weighted by Gasteiger charge is 2.33. The molecule has 4 nitrogen and oxygen atoms in total. The van der Waals surface area contributed by atoms with Crippen LogP contribution in [0.1, 0.15) is 71.4 Å². The molecule has 2 aromatic rings. The average molecular weight is 352 g/mol. The molecule has 1 aliphatic carbocycles. The Morgan fingerprint density at radius 3 is 2.00 bits per heavy atom. The van der Waals surface area contributed by atoms with Crippen LogP contribution in [0, 0.1) is 0 Å². The maximum Gasteiger partial charge on any atom is 0.198 e. The van der Waals surface area contributed by atoms with Gasteiger partial charge in [0.15, 0.2) is 23.1 Å². The lowest BCUT2D eigenvalue weighted by atomic mass is 9.83. The molecule has 0 unspecified atom stereocenters. The molecule has 26 heavy (non-hydrogen) atoms. The summed E-state index contributed by atoms with van der Waals surface area (Å²) in [5.74, 6) is 0.618. The van der Waals surface area contributed by atoms with Crippen molar-refractivity contribution in [1.82, 2.24) is 0 Å². The summed E-state index contributed by atoms with van der Waals surface area (Å²) in [6, 6.07) is 10.4. The van der Waals surface area contributed by atoms with Gasteiger partial charge >= 0.3 is 0 Å². The molecule has 0 fully saturated rings. The smallest absolute Gasteiger partial charge is 0.198 e. The minimum absolute atomic E-state index is 0.143. The van der Waals surface area contributed by atoms with Crippen LogP contribution >= 0.6 is 0 Å². The van der Waals surface area contributed by atoms with Crippen LogP contribution in [0.25, 0.3) is 0 Å². The summed E-state index contributed by atoms with van der Waals surface area (Å²) in [6.07, 6.45) is 3.79. The standard InChI is InChI=1S/C22H24O4/c1-3-5-13-25-18-12-11-17-19(22(18)26-14-6-4-2)21(24)16-10-8-7-9-15(16)20(17)23/h7-12H,3-6,13-14H2,1-2H3. The molecule has 0 heterocycles. The van der Waals surface area contributed by atoms with Crippen LogP contribution in [0.2, 0.25) is 0 Å². The van der Waals surface area contributed by atoms with E-state index in [0.717, 1.165) is 25.7 Å². The normalized spacial score (nSPS) is 12.5. The monoisotopic (exact) mass is 352 g/mol. The van der Waals surface area contributed by atoms with Gasteiger partial charge in [-0.15, -0.1) is 0 Å². The van der Waals surface area contributed by atoms with Crippen LogP contribution in [0.15, 0.2) is 36.4 Å². The third kappa shape index (κ3) is 3.36. The Hall–Kier alpha value is -2.62. The molecule has 0 atom stereocenters. The second-order valence-corrected chi connectivity index (χ2v) is 6.42.